The van der Waals surface area contributed by atoms with Crippen LogP contribution in [0.3, 0.4) is 0 Å². The fraction of sp³-hybridized carbons (Fsp3) is 0.154. The average molecular weight is 384 g/mol. The smallest absolute Gasteiger partial charge is 0.405 e. The first-order chi connectivity index (χ1) is 12.0. The summed E-state index contributed by atoms with van der Waals surface area (Å²) in [5.41, 5.74) is 0.950. The van der Waals surface area contributed by atoms with Crippen molar-refractivity contribution in [3.63, 3.8) is 0 Å². The minimum atomic E-state index is -4.76. The Morgan fingerprint density at radius 1 is 1.12 bits per heavy atom. The van der Waals surface area contributed by atoms with E-state index < -0.39 is 6.36 Å². The van der Waals surface area contributed by atoms with Crippen molar-refractivity contribution in [2.45, 2.75) is 12.8 Å². The SMILES string of the molecule is FC(F)(F)Oc1ccccc1Cc1nnc2sc(-c3csnn3)nn12. The van der Waals surface area contributed by atoms with Crippen LogP contribution >= 0.6 is 22.9 Å². The molecule has 1 aromatic carbocycles. The Morgan fingerprint density at radius 3 is 2.72 bits per heavy atom. The number of nitrogens with zero attached hydrogens (tertiary/aromatic N) is 6. The van der Waals surface area contributed by atoms with E-state index in [1.807, 2.05) is 0 Å². The summed E-state index contributed by atoms with van der Waals surface area (Å²) in [6, 6.07) is 5.90. The first-order valence-electron chi connectivity index (χ1n) is 6.82. The summed E-state index contributed by atoms with van der Waals surface area (Å²) in [7, 11) is 0. The van der Waals surface area contributed by atoms with Crippen LogP contribution in [0.1, 0.15) is 11.4 Å². The highest BCUT2D eigenvalue weighted by molar-refractivity contribution is 7.20. The van der Waals surface area contributed by atoms with Crippen LogP contribution < -0.4 is 4.74 Å². The molecule has 4 aromatic rings. The third kappa shape index (κ3) is 3.30. The fourth-order valence-corrected chi connectivity index (χ4v) is 3.50. The lowest BCUT2D eigenvalue weighted by atomic mass is 10.1. The molecule has 0 aliphatic heterocycles. The lowest BCUT2D eigenvalue weighted by molar-refractivity contribution is -0.274. The highest BCUT2D eigenvalue weighted by Gasteiger charge is 2.32. The predicted molar refractivity (Wildman–Crippen MR) is 83.5 cm³/mol. The molecule has 0 saturated heterocycles. The van der Waals surface area contributed by atoms with Crippen molar-refractivity contribution in [2.75, 3.05) is 0 Å². The molecule has 0 unspecified atom stereocenters. The van der Waals surface area contributed by atoms with E-state index >= 15 is 0 Å². The number of halogens is 3. The molecule has 0 bridgehead atoms. The van der Waals surface area contributed by atoms with Gasteiger partial charge in [0.05, 0.1) is 0 Å². The molecule has 0 amide bonds. The Bertz CT molecular complexity index is 1010. The summed E-state index contributed by atoms with van der Waals surface area (Å²) in [4.78, 5) is 0.521. The fourth-order valence-electron chi connectivity index (χ4n) is 2.17. The van der Waals surface area contributed by atoms with Crippen LogP contribution in [-0.4, -0.2) is 35.8 Å². The molecule has 4 rings (SSSR count). The van der Waals surface area contributed by atoms with Gasteiger partial charge in [-0.25, -0.2) is 0 Å². The number of fused-ring (bicyclic) bond motifs is 1. The molecule has 12 heteroatoms. The Balaban J connectivity index is 1.68. The topological polar surface area (TPSA) is 78.1 Å². The first-order valence-corrected chi connectivity index (χ1v) is 8.47. The van der Waals surface area contributed by atoms with E-state index in [9.17, 15) is 13.2 Å². The van der Waals surface area contributed by atoms with Crippen LogP contribution in [0.4, 0.5) is 13.2 Å². The molecular formula is C13H7F3N6OS2. The monoisotopic (exact) mass is 384 g/mol. The minimum absolute atomic E-state index is 0.0892. The number of aromatic nitrogens is 6. The largest absolute Gasteiger partial charge is 0.573 e. The summed E-state index contributed by atoms with van der Waals surface area (Å²) in [5, 5.41) is 18.7. The molecule has 0 aliphatic carbocycles. The quantitative estimate of drug-likeness (QED) is 0.538. The Labute approximate surface area is 145 Å². The van der Waals surface area contributed by atoms with Crippen LogP contribution in [0, 0.1) is 0 Å². The van der Waals surface area contributed by atoms with Gasteiger partial charge in [0.1, 0.15) is 11.4 Å². The van der Waals surface area contributed by atoms with Gasteiger partial charge >= 0.3 is 6.36 Å². The molecule has 0 spiro atoms. The summed E-state index contributed by atoms with van der Waals surface area (Å²) in [6.45, 7) is 0. The highest BCUT2D eigenvalue weighted by Crippen LogP contribution is 2.29. The molecule has 3 aromatic heterocycles. The van der Waals surface area contributed by atoms with Gasteiger partial charge in [0.2, 0.25) is 4.96 Å². The van der Waals surface area contributed by atoms with E-state index in [1.54, 1.807) is 17.5 Å². The van der Waals surface area contributed by atoms with Crippen molar-refractivity contribution in [2.24, 2.45) is 0 Å². The van der Waals surface area contributed by atoms with Gasteiger partial charge in [-0.3, -0.25) is 0 Å². The van der Waals surface area contributed by atoms with Gasteiger partial charge in [0.15, 0.2) is 10.8 Å². The molecule has 7 nitrogen and oxygen atoms in total. The lowest BCUT2D eigenvalue weighted by Crippen LogP contribution is -2.18. The van der Waals surface area contributed by atoms with E-state index in [1.165, 1.54) is 39.5 Å². The van der Waals surface area contributed by atoms with Crippen LogP contribution in [0.15, 0.2) is 29.6 Å². The molecular weight excluding hydrogens is 377 g/mol. The molecule has 0 fully saturated rings. The van der Waals surface area contributed by atoms with Gasteiger partial charge in [0.25, 0.3) is 0 Å². The molecule has 0 aliphatic rings. The minimum Gasteiger partial charge on any atom is -0.405 e. The van der Waals surface area contributed by atoms with Crippen molar-refractivity contribution in [3.8, 4) is 16.5 Å². The van der Waals surface area contributed by atoms with Gasteiger partial charge in [0, 0.05) is 17.4 Å². The maximum absolute atomic E-state index is 12.5. The van der Waals surface area contributed by atoms with Gasteiger partial charge in [-0.15, -0.1) is 28.5 Å². The summed E-state index contributed by atoms with van der Waals surface area (Å²) >= 11 is 2.47. The van der Waals surface area contributed by atoms with E-state index in [0.29, 0.717) is 27.1 Å². The van der Waals surface area contributed by atoms with Crippen molar-refractivity contribution in [1.29, 1.82) is 0 Å². The van der Waals surface area contributed by atoms with Crippen LogP contribution in [0.5, 0.6) is 5.75 Å². The van der Waals surface area contributed by atoms with Crippen molar-refractivity contribution in [3.05, 3.63) is 41.0 Å². The molecule has 25 heavy (non-hydrogen) atoms. The summed E-state index contributed by atoms with van der Waals surface area (Å²) in [6.07, 6.45) is -4.67. The molecule has 0 saturated carbocycles. The summed E-state index contributed by atoms with van der Waals surface area (Å²) < 4.78 is 46.9. The number of hydrogen-bond donors (Lipinski definition) is 0. The maximum Gasteiger partial charge on any atom is 0.573 e. The number of hydrogen-bond acceptors (Lipinski definition) is 8. The molecule has 128 valence electrons. The zero-order valence-corrected chi connectivity index (χ0v) is 13.8. The number of benzene rings is 1. The molecule has 0 atom stereocenters. The predicted octanol–water partition coefficient (Wildman–Crippen LogP) is 3.19. The third-order valence-electron chi connectivity index (χ3n) is 3.18. The first kappa shape index (κ1) is 15.9. The van der Waals surface area contributed by atoms with Crippen LogP contribution in [0.25, 0.3) is 15.7 Å². The maximum atomic E-state index is 12.5. The number of para-hydroxylation sites is 1. The third-order valence-corrected chi connectivity index (χ3v) is 4.61. The van der Waals surface area contributed by atoms with Crippen LogP contribution in [-0.2, 0) is 6.42 Å². The Morgan fingerprint density at radius 2 is 1.96 bits per heavy atom. The van der Waals surface area contributed by atoms with E-state index in [0.717, 1.165) is 0 Å². The molecule has 3 heterocycles. The number of rotatable bonds is 4. The number of alkyl halides is 3. The van der Waals surface area contributed by atoms with Crippen LogP contribution in [0.2, 0.25) is 0 Å². The molecule has 0 N–H and O–H groups in total. The standard InChI is InChI=1S/C13H7F3N6OS2/c14-13(15,16)23-9-4-2-1-3-7(9)5-10-18-19-12-22(10)20-11(25-12)8-6-24-21-17-8/h1-4,6H,5H2. The van der Waals surface area contributed by atoms with Gasteiger partial charge in [-0.05, 0) is 17.6 Å². The van der Waals surface area contributed by atoms with Gasteiger partial charge < -0.3 is 4.74 Å². The molecule has 0 radical (unpaired) electrons. The lowest BCUT2D eigenvalue weighted by Gasteiger charge is -2.12. The van der Waals surface area contributed by atoms with E-state index in [2.05, 4.69) is 29.6 Å². The number of ether oxygens (including phenoxy) is 1. The Hall–Kier alpha value is -2.60. The Kier molecular flexibility index (Phi) is 3.84. The van der Waals surface area contributed by atoms with Crippen molar-refractivity contribution < 1.29 is 17.9 Å². The zero-order chi connectivity index (χ0) is 17.4. The second-order valence-corrected chi connectivity index (χ2v) is 6.41. The van der Waals surface area contributed by atoms with Crippen molar-refractivity contribution >= 4 is 27.8 Å². The van der Waals surface area contributed by atoms with Crippen molar-refractivity contribution in [1.82, 2.24) is 29.4 Å². The van der Waals surface area contributed by atoms with E-state index in [4.69, 9.17) is 0 Å². The second-order valence-electron chi connectivity index (χ2n) is 4.84. The van der Waals surface area contributed by atoms with E-state index in [-0.39, 0.29) is 12.2 Å². The van der Waals surface area contributed by atoms with Gasteiger partial charge in [-0.2, -0.15) is 9.61 Å². The highest BCUT2D eigenvalue weighted by atomic mass is 32.1. The normalized spacial score (nSPS) is 12.0. The summed E-state index contributed by atoms with van der Waals surface area (Å²) in [5.74, 6) is 0.129. The average Bonchev–Trinajstić information content (AvgIpc) is 3.25. The van der Waals surface area contributed by atoms with Gasteiger partial charge in [-0.1, -0.05) is 34.0 Å². The zero-order valence-electron chi connectivity index (χ0n) is 12.1. The second kappa shape index (κ2) is 6.04.